The Hall–Kier alpha value is -0.120. The van der Waals surface area contributed by atoms with E-state index in [1.54, 1.807) is 0 Å². The summed E-state index contributed by atoms with van der Waals surface area (Å²) in [7, 11) is 0. The Labute approximate surface area is 87.6 Å². The number of ether oxygens (including phenoxy) is 1. The number of likely N-dealkylation sites (tertiary alicyclic amines) is 1. The van der Waals surface area contributed by atoms with Gasteiger partial charge in [-0.3, -0.25) is 0 Å². The molecule has 1 saturated heterocycles. The molecule has 0 spiro atoms. The van der Waals surface area contributed by atoms with Gasteiger partial charge in [-0.1, -0.05) is 13.8 Å². The van der Waals surface area contributed by atoms with Crippen molar-refractivity contribution in [3.8, 4) is 0 Å². The monoisotopic (exact) mass is 200 g/mol. The number of rotatable bonds is 4. The second-order valence-corrected chi connectivity index (χ2v) is 4.86. The van der Waals surface area contributed by atoms with Crippen LogP contribution in [0.5, 0.6) is 0 Å². The normalized spacial score (nSPS) is 27.9. The zero-order valence-corrected chi connectivity index (χ0v) is 9.75. The quantitative estimate of drug-likeness (QED) is 0.690. The predicted octanol–water partition coefficient (Wildman–Crippen LogP) is 1.08. The first kappa shape index (κ1) is 12.0. The SMILES string of the molecule is CCOCCN1CCC(N)C(C)(C)C1. The zero-order chi connectivity index (χ0) is 10.6. The molecule has 3 heteroatoms. The highest BCUT2D eigenvalue weighted by Gasteiger charge is 2.32. The van der Waals surface area contributed by atoms with Gasteiger partial charge in [0.1, 0.15) is 0 Å². The minimum atomic E-state index is 0.254. The number of nitrogens with two attached hydrogens (primary N) is 1. The number of nitrogens with zero attached hydrogens (tertiary/aromatic N) is 1. The molecule has 14 heavy (non-hydrogen) atoms. The van der Waals surface area contributed by atoms with Gasteiger partial charge >= 0.3 is 0 Å². The van der Waals surface area contributed by atoms with Crippen LogP contribution in [-0.2, 0) is 4.74 Å². The molecular formula is C11H24N2O. The summed E-state index contributed by atoms with van der Waals surface area (Å²) in [6.45, 7) is 11.5. The molecule has 1 aliphatic heterocycles. The largest absolute Gasteiger partial charge is 0.380 e. The molecule has 0 radical (unpaired) electrons. The van der Waals surface area contributed by atoms with E-state index in [0.29, 0.717) is 6.04 Å². The molecule has 1 rings (SSSR count). The minimum Gasteiger partial charge on any atom is -0.380 e. The molecule has 0 bridgehead atoms. The molecule has 1 atom stereocenters. The topological polar surface area (TPSA) is 38.5 Å². The lowest BCUT2D eigenvalue weighted by Crippen LogP contribution is -2.52. The second-order valence-electron chi connectivity index (χ2n) is 4.86. The van der Waals surface area contributed by atoms with E-state index in [-0.39, 0.29) is 5.41 Å². The summed E-state index contributed by atoms with van der Waals surface area (Å²) < 4.78 is 5.36. The van der Waals surface area contributed by atoms with Gasteiger partial charge in [0.05, 0.1) is 6.61 Å². The van der Waals surface area contributed by atoms with E-state index in [0.717, 1.165) is 39.3 Å². The maximum Gasteiger partial charge on any atom is 0.0593 e. The Morgan fingerprint density at radius 2 is 2.21 bits per heavy atom. The average Bonchev–Trinajstić information content (AvgIpc) is 2.11. The Kier molecular flexibility index (Phi) is 4.35. The van der Waals surface area contributed by atoms with E-state index in [1.165, 1.54) is 0 Å². The van der Waals surface area contributed by atoms with Crippen LogP contribution in [0, 0.1) is 5.41 Å². The molecule has 0 saturated carbocycles. The van der Waals surface area contributed by atoms with E-state index in [9.17, 15) is 0 Å². The van der Waals surface area contributed by atoms with Crippen LogP contribution >= 0.6 is 0 Å². The van der Waals surface area contributed by atoms with Crippen molar-refractivity contribution in [3.63, 3.8) is 0 Å². The standard InChI is InChI=1S/C11H24N2O/c1-4-14-8-7-13-6-5-10(12)11(2,3)9-13/h10H,4-9,12H2,1-3H3. The maximum absolute atomic E-state index is 6.07. The van der Waals surface area contributed by atoms with Crippen LogP contribution in [0.3, 0.4) is 0 Å². The molecule has 1 unspecified atom stereocenters. The Bertz CT molecular complexity index is 171. The molecule has 0 aromatic carbocycles. The van der Waals surface area contributed by atoms with E-state index in [2.05, 4.69) is 18.7 Å². The molecule has 0 aliphatic carbocycles. The fourth-order valence-corrected chi connectivity index (χ4v) is 2.01. The summed E-state index contributed by atoms with van der Waals surface area (Å²) in [5.41, 5.74) is 6.33. The van der Waals surface area contributed by atoms with Gasteiger partial charge in [0.25, 0.3) is 0 Å². The van der Waals surface area contributed by atoms with Gasteiger partial charge in [0.2, 0.25) is 0 Å². The minimum absolute atomic E-state index is 0.254. The lowest BCUT2D eigenvalue weighted by atomic mass is 9.80. The molecule has 1 heterocycles. The summed E-state index contributed by atoms with van der Waals surface area (Å²) in [6, 6.07) is 0.353. The van der Waals surface area contributed by atoms with Gasteiger partial charge in [-0.25, -0.2) is 0 Å². The third-order valence-electron chi connectivity index (χ3n) is 3.15. The second kappa shape index (κ2) is 5.10. The Balaban J connectivity index is 2.29. The third-order valence-corrected chi connectivity index (χ3v) is 3.15. The average molecular weight is 200 g/mol. The maximum atomic E-state index is 6.07. The van der Waals surface area contributed by atoms with Crippen molar-refractivity contribution in [2.45, 2.75) is 33.2 Å². The highest BCUT2D eigenvalue weighted by Crippen LogP contribution is 2.27. The molecule has 0 amide bonds. The number of hydrogen-bond donors (Lipinski definition) is 1. The van der Waals surface area contributed by atoms with Gasteiger partial charge in [-0.15, -0.1) is 0 Å². The summed E-state index contributed by atoms with van der Waals surface area (Å²) in [5.74, 6) is 0. The lowest BCUT2D eigenvalue weighted by molar-refractivity contribution is 0.0583. The van der Waals surface area contributed by atoms with Crippen LogP contribution < -0.4 is 5.73 Å². The van der Waals surface area contributed by atoms with E-state index >= 15 is 0 Å². The van der Waals surface area contributed by atoms with Gasteiger partial charge in [0.15, 0.2) is 0 Å². The molecule has 2 N–H and O–H groups in total. The van der Waals surface area contributed by atoms with Crippen LogP contribution in [0.2, 0.25) is 0 Å². The smallest absolute Gasteiger partial charge is 0.0593 e. The summed E-state index contributed by atoms with van der Waals surface area (Å²) in [4.78, 5) is 2.46. The molecule has 0 aromatic heterocycles. The van der Waals surface area contributed by atoms with Crippen LogP contribution in [0.4, 0.5) is 0 Å². The van der Waals surface area contributed by atoms with Crippen molar-refractivity contribution >= 4 is 0 Å². The first-order valence-corrected chi connectivity index (χ1v) is 5.62. The fourth-order valence-electron chi connectivity index (χ4n) is 2.01. The third kappa shape index (κ3) is 3.23. The van der Waals surface area contributed by atoms with Gasteiger partial charge in [-0.05, 0) is 25.3 Å². The van der Waals surface area contributed by atoms with Crippen molar-refractivity contribution in [1.29, 1.82) is 0 Å². The Morgan fingerprint density at radius 1 is 1.50 bits per heavy atom. The molecule has 0 aromatic rings. The molecule has 3 nitrogen and oxygen atoms in total. The summed E-state index contributed by atoms with van der Waals surface area (Å²) in [6.07, 6.45) is 1.11. The number of piperidine rings is 1. The van der Waals surface area contributed by atoms with E-state index < -0.39 is 0 Å². The van der Waals surface area contributed by atoms with Crippen molar-refractivity contribution < 1.29 is 4.74 Å². The highest BCUT2D eigenvalue weighted by atomic mass is 16.5. The zero-order valence-electron chi connectivity index (χ0n) is 9.75. The van der Waals surface area contributed by atoms with Gasteiger partial charge < -0.3 is 15.4 Å². The van der Waals surface area contributed by atoms with Crippen LogP contribution in [-0.4, -0.2) is 43.8 Å². The first-order valence-electron chi connectivity index (χ1n) is 5.62. The highest BCUT2D eigenvalue weighted by molar-refractivity contribution is 4.89. The van der Waals surface area contributed by atoms with Gasteiger partial charge in [0, 0.05) is 25.7 Å². The molecule has 1 aliphatic rings. The molecule has 84 valence electrons. The van der Waals surface area contributed by atoms with Crippen LogP contribution in [0.1, 0.15) is 27.2 Å². The van der Waals surface area contributed by atoms with Crippen molar-refractivity contribution in [3.05, 3.63) is 0 Å². The van der Waals surface area contributed by atoms with Crippen LogP contribution in [0.25, 0.3) is 0 Å². The van der Waals surface area contributed by atoms with Crippen molar-refractivity contribution in [2.75, 3.05) is 32.8 Å². The van der Waals surface area contributed by atoms with E-state index in [4.69, 9.17) is 10.5 Å². The van der Waals surface area contributed by atoms with Crippen molar-refractivity contribution in [2.24, 2.45) is 11.1 Å². The van der Waals surface area contributed by atoms with Crippen LogP contribution in [0.15, 0.2) is 0 Å². The Morgan fingerprint density at radius 3 is 2.79 bits per heavy atom. The lowest BCUT2D eigenvalue weighted by Gasteiger charge is -2.42. The van der Waals surface area contributed by atoms with E-state index in [1.807, 2.05) is 6.92 Å². The fraction of sp³-hybridized carbons (Fsp3) is 1.00. The van der Waals surface area contributed by atoms with Gasteiger partial charge in [-0.2, -0.15) is 0 Å². The summed E-state index contributed by atoms with van der Waals surface area (Å²) in [5, 5.41) is 0. The predicted molar refractivity (Wildman–Crippen MR) is 59.3 cm³/mol. The molecular weight excluding hydrogens is 176 g/mol. The summed E-state index contributed by atoms with van der Waals surface area (Å²) >= 11 is 0. The van der Waals surface area contributed by atoms with Crippen molar-refractivity contribution in [1.82, 2.24) is 4.90 Å². The molecule has 1 fully saturated rings. The number of hydrogen-bond acceptors (Lipinski definition) is 3. The first-order chi connectivity index (χ1) is 6.56.